The molecule has 0 saturated carbocycles. The number of sulfone groups is 1. The molecule has 0 aliphatic rings. The number of benzene rings is 1. The lowest BCUT2D eigenvalue weighted by Crippen LogP contribution is -2.42. The fourth-order valence-corrected chi connectivity index (χ4v) is 2.86. The Kier molecular flexibility index (Phi) is 7.18. The molecule has 0 unspecified atom stereocenters. The van der Waals surface area contributed by atoms with Crippen molar-refractivity contribution in [2.75, 3.05) is 26.0 Å². The second kappa shape index (κ2) is 8.63. The van der Waals surface area contributed by atoms with E-state index in [1.165, 1.54) is 0 Å². The maximum absolute atomic E-state index is 12.0. The third-order valence-corrected chi connectivity index (χ3v) is 4.62. The van der Waals surface area contributed by atoms with Crippen LogP contribution in [0, 0.1) is 0 Å². The van der Waals surface area contributed by atoms with E-state index in [9.17, 15) is 13.2 Å². The summed E-state index contributed by atoms with van der Waals surface area (Å²) in [6.45, 7) is 2.49. The van der Waals surface area contributed by atoms with Gasteiger partial charge in [0.2, 0.25) is 0 Å². The van der Waals surface area contributed by atoms with E-state index >= 15 is 0 Å². The lowest BCUT2D eigenvalue weighted by atomic mass is 10.2. The van der Waals surface area contributed by atoms with E-state index in [0.29, 0.717) is 13.0 Å². The molecule has 1 aromatic rings. The summed E-state index contributed by atoms with van der Waals surface area (Å²) in [6, 6.07) is 7.78. The van der Waals surface area contributed by atoms with Gasteiger partial charge in [-0.3, -0.25) is 0 Å². The van der Waals surface area contributed by atoms with Gasteiger partial charge < -0.3 is 15.4 Å². The van der Waals surface area contributed by atoms with E-state index in [1.54, 1.807) is 37.4 Å². The minimum absolute atomic E-state index is 0.0318. The molecule has 1 aromatic carbocycles. The smallest absolute Gasteiger partial charge is 0.315 e. The fraction of sp³-hybridized carbons (Fsp3) is 0.500. The fourth-order valence-electron chi connectivity index (χ4n) is 1.69. The molecule has 0 heterocycles. The van der Waals surface area contributed by atoms with Crippen molar-refractivity contribution in [3.63, 3.8) is 0 Å². The van der Waals surface area contributed by atoms with Crippen LogP contribution in [0.15, 0.2) is 35.2 Å². The van der Waals surface area contributed by atoms with Crippen molar-refractivity contribution in [3.8, 4) is 0 Å². The number of carbonyl (C=O) groups excluding carboxylic acids is 1. The van der Waals surface area contributed by atoms with Crippen molar-refractivity contribution in [1.82, 2.24) is 10.6 Å². The van der Waals surface area contributed by atoms with E-state index in [0.717, 1.165) is 0 Å². The first-order chi connectivity index (χ1) is 9.95. The molecule has 0 aliphatic carbocycles. The van der Waals surface area contributed by atoms with Gasteiger partial charge in [0.05, 0.1) is 10.6 Å². The van der Waals surface area contributed by atoms with Gasteiger partial charge in [0.1, 0.15) is 0 Å². The van der Waals surface area contributed by atoms with E-state index in [4.69, 9.17) is 4.74 Å². The zero-order chi connectivity index (χ0) is 15.7. The Bertz CT molecular complexity index is 531. The summed E-state index contributed by atoms with van der Waals surface area (Å²) in [5, 5.41) is 5.26. The van der Waals surface area contributed by atoms with E-state index < -0.39 is 9.84 Å². The SMILES string of the molecule is COCC[C@H](C)NC(=O)NCCS(=O)(=O)c1ccccc1. The molecule has 1 rings (SSSR count). The zero-order valence-corrected chi connectivity index (χ0v) is 13.2. The topological polar surface area (TPSA) is 84.5 Å². The van der Waals surface area contributed by atoms with Crippen LogP contribution in [-0.2, 0) is 14.6 Å². The highest BCUT2D eigenvalue weighted by Gasteiger charge is 2.14. The van der Waals surface area contributed by atoms with Gasteiger partial charge in [-0.1, -0.05) is 18.2 Å². The summed E-state index contributed by atoms with van der Waals surface area (Å²) in [5.41, 5.74) is 0. The average Bonchev–Trinajstić information content (AvgIpc) is 2.45. The molecule has 0 fully saturated rings. The molecular weight excluding hydrogens is 292 g/mol. The molecule has 0 bridgehead atoms. The van der Waals surface area contributed by atoms with Gasteiger partial charge in [-0.25, -0.2) is 13.2 Å². The molecule has 6 nitrogen and oxygen atoms in total. The minimum Gasteiger partial charge on any atom is -0.385 e. The predicted octanol–water partition coefficient (Wildman–Crippen LogP) is 1.18. The summed E-state index contributed by atoms with van der Waals surface area (Å²) in [7, 11) is -1.76. The number of hydrogen-bond acceptors (Lipinski definition) is 4. The summed E-state index contributed by atoms with van der Waals surface area (Å²) < 4.78 is 28.9. The summed E-state index contributed by atoms with van der Waals surface area (Å²) in [6.07, 6.45) is 0.701. The van der Waals surface area contributed by atoms with E-state index in [1.807, 2.05) is 6.92 Å². The second-order valence-corrected chi connectivity index (χ2v) is 6.82. The first-order valence-electron chi connectivity index (χ1n) is 6.77. The highest BCUT2D eigenvalue weighted by molar-refractivity contribution is 7.91. The van der Waals surface area contributed by atoms with Crippen LogP contribution in [0.2, 0.25) is 0 Å². The number of ether oxygens (including phenoxy) is 1. The van der Waals surface area contributed by atoms with Crippen molar-refractivity contribution in [3.05, 3.63) is 30.3 Å². The molecule has 1 atom stereocenters. The van der Waals surface area contributed by atoms with Crippen LogP contribution in [-0.4, -0.2) is 46.5 Å². The third kappa shape index (κ3) is 6.59. The van der Waals surface area contributed by atoms with E-state index in [2.05, 4.69) is 10.6 Å². The van der Waals surface area contributed by atoms with Crippen LogP contribution in [0.1, 0.15) is 13.3 Å². The molecule has 21 heavy (non-hydrogen) atoms. The van der Waals surface area contributed by atoms with Gasteiger partial charge >= 0.3 is 6.03 Å². The first-order valence-corrected chi connectivity index (χ1v) is 8.42. The lowest BCUT2D eigenvalue weighted by molar-refractivity contribution is 0.184. The normalized spacial score (nSPS) is 12.7. The second-order valence-electron chi connectivity index (χ2n) is 4.71. The Hall–Kier alpha value is -1.60. The Balaban J connectivity index is 2.34. The van der Waals surface area contributed by atoms with Crippen LogP contribution >= 0.6 is 0 Å². The number of amides is 2. The van der Waals surface area contributed by atoms with Crippen LogP contribution in [0.5, 0.6) is 0 Å². The standard InChI is InChI=1S/C14H22N2O4S/c1-12(8-10-20-2)16-14(17)15-9-11-21(18,19)13-6-4-3-5-7-13/h3-7,12H,8-11H2,1-2H3,(H2,15,16,17)/t12-/m0/s1. The van der Waals surface area contributed by atoms with Gasteiger partial charge in [-0.2, -0.15) is 0 Å². The molecular formula is C14H22N2O4S. The molecule has 0 aromatic heterocycles. The summed E-state index contributed by atoms with van der Waals surface area (Å²) >= 11 is 0. The van der Waals surface area contributed by atoms with Crippen LogP contribution in [0.4, 0.5) is 4.79 Å². The monoisotopic (exact) mass is 314 g/mol. The maximum atomic E-state index is 12.0. The Morgan fingerprint density at radius 1 is 1.29 bits per heavy atom. The van der Waals surface area contributed by atoms with Crippen molar-refractivity contribution in [2.24, 2.45) is 0 Å². The third-order valence-electron chi connectivity index (χ3n) is 2.89. The number of urea groups is 1. The van der Waals surface area contributed by atoms with Crippen LogP contribution in [0.3, 0.4) is 0 Å². The lowest BCUT2D eigenvalue weighted by Gasteiger charge is -2.14. The van der Waals surface area contributed by atoms with Gasteiger partial charge in [-0.15, -0.1) is 0 Å². The minimum atomic E-state index is -3.36. The molecule has 2 N–H and O–H groups in total. The predicted molar refractivity (Wildman–Crippen MR) is 81.0 cm³/mol. The summed E-state index contributed by atoms with van der Waals surface area (Å²) in [5.74, 6) is -0.128. The number of rotatable bonds is 8. The Morgan fingerprint density at radius 2 is 1.95 bits per heavy atom. The highest BCUT2D eigenvalue weighted by atomic mass is 32.2. The molecule has 0 saturated heterocycles. The molecule has 7 heteroatoms. The zero-order valence-electron chi connectivity index (χ0n) is 12.3. The number of methoxy groups -OCH3 is 1. The summed E-state index contributed by atoms with van der Waals surface area (Å²) in [4.78, 5) is 11.8. The molecule has 2 amide bonds. The molecule has 0 radical (unpaired) electrons. The van der Waals surface area contributed by atoms with Gasteiger partial charge in [0.25, 0.3) is 0 Å². The number of nitrogens with one attached hydrogen (secondary N) is 2. The Morgan fingerprint density at radius 3 is 2.57 bits per heavy atom. The van der Waals surface area contributed by atoms with Crippen LogP contribution < -0.4 is 10.6 Å². The first kappa shape index (κ1) is 17.5. The molecule has 0 aliphatic heterocycles. The van der Waals surface area contributed by atoms with Gasteiger partial charge in [0, 0.05) is 26.3 Å². The van der Waals surface area contributed by atoms with E-state index in [-0.39, 0.29) is 29.3 Å². The largest absolute Gasteiger partial charge is 0.385 e. The van der Waals surface area contributed by atoms with Crippen molar-refractivity contribution < 1.29 is 17.9 Å². The quantitative estimate of drug-likeness (QED) is 0.755. The van der Waals surface area contributed by atoms with Gasteiger partial charge in [0.15, 0.2) is 9.84 Å². The molecule has 0 spiro atoms. The van der Waals surface area contributed by atoms with Crippen molar-refractivity contribution in [1.29, 1.82) is 0 Å². The highest BCUT2D eigenvalue weighted by Crippen LogP contribution is 2.09. The van der Waals surface area contributed by atoms with Gasteiger partial charge in [-0.05, 0) is 25.5 Å². The van der Waals surface area contributed by atoms with Crippen LogP contribution in [0.25, 0.3) is 0 Å². The number of carbonyl (C=O) groups is 1. The van der Waals surface area contributed by atoms with Crippen molar-refractivity contribution in [2.45, 2.75) is 24.3 Å². The maximum Gasteiger partial charge on any atom is 0.315 e. The number of hydrogen-bond donors (Lipinski definition) is 2. The average molecular weight is 314 g/mol. The molecule has 118 valence electrons. The van der Waals surface area contributed by atoms with Crippen molar-refractivity contribution >= 4 is 15.9 Å². The Labute approximate surface area is 125 Å².